The molecule has 0 spiro atoms. The van der Waals surface area contributed by atoms with Crippen LogP contribution < -0.4 is 14.7 Å². The Morgan fingerprint density at radius 3 is 0.556 bits per heavy atom. The summed E-state index contributed by atoms with van der Waals surface area (Å²) in [5, 5.41) is 6.78. The highest BCUT2D eigenvalue weighted by molar-refractivity contribution is 6.14. The van der Waals surface area contributed by atoms with Crippen molar-refractivity contribution < 1.29 is 0 Å². The van der Waals surface area contributed by atoms with E-state index in [0.29, 0.717) is 17.5 Å². The molecule has 0 atom stereocenters. The average Bonchev–Trinajstić information content (AvgIpc) is 1.56. The molecule has 0 aliphatic carbocycles. The molecular formula is C135H91N9. The molecule has 144 heavy (non-hydrogen) atoms. The maximum absolute atomic E-state index is 5.65. The molecule has 0 amide bonds. The third-order valence-electron chi connectivity index (χ3n) is 28.1. The molecule has 22 aromatic carbocycles. The van der Waals surface area contributed by atoms with Crippen molar-refractivity contribution in [3.8, 4) is 129 Å². The summed E-state index contributed by atoms with van der Waals surface area (Å²) >= 11 is 0. The minimum Gasteiger partial charge on any atom is -0.311 e. The van der Waals surface area contributed by atoms with E-state index in [9.17, 15) is 0 Å². The average molecular weight is 1840 g/mol. The lowest BCUT2D eigenvalue weighted by Gasteiger charge is -2.26. The molecule has 0 unspecified atom stereocenters. The molecule has 4 aromatic heterocycles. The predicted octanol–water partition coefficient (Wildman–Crippen LogP) is 36.2. The Balaban J connectivity index is 0.588. The quantitative estimate of drug-likeness (QED) is 0.0674. The van der Waals surface area contributed by atoms with Gasteiger partial charge in [0.15, 0.2) is 17.5 Å². The number of aromatic nitrogens is 6. The standard InChI is InChI=1S/C135H91N9/c1-7-28-92(29-8-1)98-52-67-109(68-53-98)139(110-69-54-99(55-70-110)93-30-9-2-10-31-93)111-79-64-104(65-80-111)105-66-83-130-124(89-105)121-46-19-22-49-127(121)142(130)116-43-25-40-106(86-116)133-136-134(107-41-26-44-117(87-107)143-128-50-23-20-47-122(128)125-90-119(81-84-131(125)143)140(112-71-56-100(57-72-112)94-32-11-3-12-33-94)113-73-58-101(59-74-113)95-34-13-4-14-35-95)138-135(137-133)108-42-27-45-118(88-108)144-129-51-24-21-48-123(129)126-91-120(82-85-132(126)144)141(114-75-60-102(61-76-114)96-36-15-5-16-37-96)115-77-62-103(63-78-115)97-38-17-6-18-39-97/h1-91H. The van der Waals surface area contributed by atoms with E-state index in [2.05, 4.69) is 580 Å². The molecule has 0 saturated carbocycles. The Bertz CT molecular complexity index is 8640. The first kappa shape index (κ1) is 85.1. The fourth-order valence-corrected chi connectivity index (χ4v) is 21.0. The Morgan fingerprint density at radius 1 is 0.118 bits per heavy atom. The molecule has 9 heteroatoms. The summed E-state index contributed by atoms with van der Waals surface area (Å²) in [4.78, 5) is 24.1. The third-order valence-corrected chi connectivity index (χ3v) is 28.1. The van der Waals surface area contributed by atoms with Gasteiger partial charge in [0.1, 0.15) is 0 Å². The van der Waals surface area contributed by atoms with Gasteiger partial charge in [-0.05, 0) is 266 Å². The second-order valence-electron chi connectivity index (χ2n) is 36.7. The Morgan fingerprint density at radius 2 is 0.299 bits per heavy atom. The van der Waals surface area contributed by atoms with Crippen LogP contribution in [0.15, 0.2) is 552 Å². The number of hydrogen-bond acceptors (Lipinski definition) is 6. The molecular weight excluding hydrogens is 1750 g/mol. The number of nitrogens with zero attached hydrogens (tertiary/aromatic N) is 9. The zero-order chi connectivity index (χ0) is 95.3. The molecule has 676 valence electrons. The molecule has 26 rings (SSSR count). The largest absolute Gasteiger partial charge is 0.311 e. The maximum Gasteiger partial charge on any atom is 0.164 e. The van der Waals surface area contributed by atoms with Gasteiger partial charge in [-0.15, -0.1) is 0 Å². The minimum atomic E-state index is 0.529. The van der Waals surface area contributed by atoms with Crippen LogP contribution in [0.4, 0.5) is 51.2 Å². The summed E-state index contributed by atoms with van der Waals surface area (Å²) in [6.07, 6.45) is 0. The summed E-state index contributed by atoms with van der Waals surface area (Å²) in [7, 11) is 0. The normalized spacial score (nSPS) is 11.5. The fourth-order valence-electron chi connectivity index (χ4n) is 21.0. The molecule has 9 nitrogen and oxygen atoms in total. The van der Waals surface area contributed by atoms with Gasteiger partial charge in [0, 0.05) is 117 Å². The van der Waals surface area contributed by atoms with Gasteiger partial charge >= 0.3 is 0 Å². The topological polar surface area (TPSA) is 63.2 Å². The number of hydrogen-bond donors (Lipinski definition) is 0. The van der Waals surface area contributed by atoms with Crippen molar-refractivity contribution in [2.24, 2.45) is 0 Å². The van der Waals surface area contributed by atoms with E-state index in [1.807, 2.05) is 0 Å². The van der Waals surface area contributed by atoms with Crippen molar-refractivity contribution in [3.05, 3.63) is 552 Å². The molecule has 0 radical (unpaired) electrons. The molecule has 4 heterocycles. The van der Waals surface area contributed by atoms with Crippen LogP contribution in [0.25, 0.3) is 195 Å². The van der Waals surface area contributed by atoms with Gasteiger partial charge in [-0.3, -0.25) is 0 Å². The highest BCUT2D eigenvalue weighted by atomic mass is 15.2. The van der Waals surface area contributed by atoms with E-state index < -0.39 is 0 Å². The van der Waals surface area contributed by atoms with Gasteiger partial charge in [-0.1, -0.05) is 364 Å². The number of benzene rings is 22. The zero-order valence-corrected chi connectivity index (χ0v) is 78.6. The van der Waals surface area contributed by atoms with E-state index in [1.165, 1.54) is 44.5 Å². The van der Waals surface area contributed by atoms with Gasteiger partial charge in [0.25, 0.3) is 0 Å². The monoisotopic (exact) mass is 1840 g/mol. The third kappa shape index (κ3) is 16.0. The molecule has 0 fully saturated rings. The van der Waals surface area contributed by atoms with E-state index in [4.69, 9.17) is 15.0 Å². The van der Waals surface area contributed by atoms with Crippen LogP contribution in [0, 0.1) is 0 Å². The van der Waals surface area contributed by atoms with Crippen LogP contribution >= 0.6 is 0 Å². The van der Waals surface area contributed by atoms with E-state index in [-0.39, 0.29) is 0 Å². The minimum absolute atomic E-state index is 0.529. The van der Waals surface area contributed by atoms with Crippen LogP contribution in [0.5, 0.6) is 0 Å². The van der Waals surface area contributed by atoms with Crippen LogP contribution in [0.1, 0.15) is 0 Å². The fraction of sp³-hybridized carbons (Fsp3) is 0. The number of fused-ring (bicyclic) bond motifs is 9. The molecule has 0 aliphatic rings. The van der Waals surface area contributed by atoms with E-state index >= 15 is 0 Å². The van der Waals surface area contributed by atoms with Crippen molar-refractivity contribution >= 4 is 117 Å². The van der Waals surface area contributed by atoms with Crippen molar-refractivity contribution in [2.75, 3.05) is 14.7 Å². The van der Waals surface area contributed by atoms with Crippen molar-refractivity contribution in [3.63, 3.8) is 0 Å². The van der Waals surface area contributed by atoms with Gasteiger partial charge in [-0.25, -0.2) is 15.0 Å². The summed E-state index contributed by atoms with van der Waals surface area (Å²) in [6.45, 7) is 0. The molecule has 0 aliphatic heterocycles. The molecule has 0 N–H and O–H groups in total. The van der Waals surface area contributed by atoms with Crippen LogP contribution in [0.2, 0.25) is 0 Å². The Hall–Kier alpha value is -19.4. The first-order valence-electron chi connectivity index (χ1n) is 49.0. The van der Waals surface area contributed by atoms with Gasteiger partial charge in [-0.2, -0.15) is 0 Å². The number of para-hydroxylation sites is 3. The Kier molecular flexibility index (Phi) is 21.8. The predicted molar refractivity (Wildman–Crippen MR) is 601 cm³/mol. The SMILES string of the molecule is c1ccc(-c2ccc(N(c3ccc(-c4ccccc4)cc3)c3ccc(-c4ccc5c(c4)c4ccccc4n5-c4cccc(-c5nc(-c6cccc(-n7c8ccccc8c8cc(N(c9ccc(-c%10ccccc%10)cc9)c9ccc(-c%10ccccc%10)cc9)ccc87)c6)nc(-c6cccc(-n7c8ccccc8c8cc(N(c9ccc(-c%10ccccc%10)cc9)c9ccc(-c%10ccccc%10)cc9)ccc87)c6)n5)c4)cc3)cc2)cc1. The second-order valence-corrected chi connectivity index (χ2v) is 36.7. The van der Waals surface area contributed by atoms with Gasteiger partial charge in [0.2, 0.25) is 0 Å². The first-order valence-corrected chi connectivity index (χ1v) is 49.0. The van der Waals surface area contributed by atoms with Crippen LogP contribution in [-0.4, -0.2) is 28.7 Å². The summed E-state index contributed by atoms with van der Waals surface area (Å²) in [5.74, 6) is 1.59. The lowest BCUT2D eigenvalue weighted by atomic mass is 10.0. The smallest absolute Gasteiger partial charge is 0.164 e. The number of anilines is 9. The molecule has 0 bridgehead atoms. The zero-order valence-electron chi connectivity index (χ0n) is 78.6. The molecule has 0 saturated heterocycles. The van der Waals surface area contributed by atoms with E-state index in [0.717, 1.165) is 184 Å². The molecule has 26 aromatic rings. The summed E-state index contributed by atoms with van der Waals surface area (Å²) < 4.78 is 7.16. The van der Waals surface area contributed by atoms with Gasteiger partial charge < -0.3 is 28.4 Å². The first-order chi connectivity index (χ1) is 71.4. The van der Waals surface area contributed by atoms with Crippen LogP contribution in [-0.2, 0) is 0 Å². The lowest BCUT2D eigenvalue weighted by Crippen LogP contribution is -2.10. The van der Waals surface area contributed by atoms with Gasteiger partial charge in [0.05, 0.1) is 33.1 Å². The number of rotatable bonds is 22. The van der Waals surface area contributed by atoms with Crippen molar-refractivity contribution in [1.29, 1.82) is 0 Å². The highest BCUT2D eigenvalue weighted by Gasteiger charge is 2.26. The highest BCUT2D eigenvalue weighted by Crippen LogP contribution is 2.48. The maximum atomic E-state index is 5.65. The lowest BCUT2D eigenvalue weighted by molar-refractivity contribution is 1.07. The van der Waals surface area contributed by atoms with Crippen molar-refractivity contribution in [1.82, 2.24) is 28.7 Å². The Labute approximate surface area is 835 Å². The van der Waals surface area contributed by atoms with E-state index in [1.54, 1.807) is 0 Å². The second kappa shape index (κ2) is 36.9. The summed E-state index contributed by atoms with van der Waals surface area (Å²) in [5.41, 5.74) is 37.5. The summed E-state index contributed by atoms with van der Waals surface area (Å²) in [6, 6.07) is 199. The van der Waals surface area contributed by atoms with Crippen molar-refractivity contribution in [2.45, 2.75) is 0 Å². The van der Waals surface area contributed by atoms with Crippen LogP contribution in [0.3, 0.4) is 0 Å².